The predicted octanol–water partition coefficient (Wildman–Crippen LogP) is 1.68. The van der Waals surface area contributed by atoms with E-state index in [4.69, 9.17) is 4.74 Å². The molecule has 0 saturated carbocycles. The molecule has 0 atom stereocenters. The predicted molar refractivity (Wildman–Crippen MR) is 46.1 cm³/mol. The lowest BCUT2D eigenvalue weighted by atomic mass is 10.3. The number of Topliss-reactive ketones (excluding diaryl/α,β-unsaturated/α-hetero) is 1. The third-order valence-corrected chi connectivity index (χ3v) is 1.62. The van der Waals surface area contributed by atoms with Gasteiger partial charge in [0.25, 0.3) is 0 Å². The van der Waals surface area contributed by atoms with Crippen molar-refractivity contribution in [3.63, 3.8) is 0 Å². The molecule has 1 rings (SSSR count). The molecule has 0 bridgehead atoms. The second kappa shape index (κ2) is 4.07. The van der Waals surface area contributed by atoms with E-state index in [0.717, 1.165) is 0 Å². The monoisotopic (exact) mass is 167 g/mol. The fourth-order valence-electron chi connectivity index (χ4n) is 1.04. The summed E-state index contributed by atoms with van der Waals surface area (Å²) in [6.07, 6.45) is 1.84. The number of nitrogens with zero attached hydrogens (tertiary/aromatic N) is 1. The normalized spacial score (nSPS) is 10.2. The van der Waals surface area contributed by atoms with Crippen LogP contribution in [-0.4, -0.2) is 17.0 Å². The third kappa shape index (κ3) is 1.95. The number of hydrogen-bond acceptors (Lipinski definition) is 2. The van der Waals surface area contributed by atoms with Gasteiger partial charge in [0.2, 0.25) is 0 Å². The average Bonchev–Trinajstić information content (AvgIpc) is 2.48. The van der Waals surface area contributed by atoms with E-state index >= 15 is 0 Å². The minimum atomic E-state index is 0.0692. The van der Waals surface area contributed by atoms with E-state index in [1.54, 1.807) is 17.6 Å². The van der Waals surface area contributed by atoms with Gasteiger partial charge in [-0.1, -0.05) is 0 Å². The standard InChI is InChI=1S/C9H13NO2/c1-3-12-7-10-6-4-5-9(10)8(2)11/h4-6H,3,7H2,1-2H3. The summed E-state index contributed by atoms with van der Waals surface area (Å²) in [5.41, 5.74) is 0.698. The Morgan fingerprint density at radius 1 is 1.67 bits per heavy atom. The topological polar surface area (TPSA) is 31.2 Å². The fourth-order valence-corrected chi connectivity index (χ4v) is 1.04. The van der Waals surface area contributed by atoms with Crippen molar-refractivity contribution in [1.82, 2.24) is 4.57 Å². The van der Waals surface area contributed by atoms with E-state index in [9.17, 15) is 4.79 Å². The summed E-state index contributed by atoms with van der Waals surface area (Å²) in [7, 11) is 0. The molecule has 0 unspecified atom stereocenters. The summed E-state index contributed by atoms with van der Waals surface area (Å²) in [4.78, 5) is 11.0. The van der Waals surface area contributed by atoms with Crippen LogP contribution in [0.25, 0.3) is 0 Å². The molecule has 0 aromatic carbocycles. The van der Waals surface area contributed by atoms with E-state index in [2.05, 4.69) is 0 Å². The van der Waals surface area contributed by atoms with Gasteiger partial charge in [-0.2, -0.15) is 0 Å². The summed E-state index contributed by atoms with van der Waals surface area (Å²) in [5.74, 6) is 0.0692. The molecule has 0 N–H and O–H groups in total. The number of aromatic nitrogens is 1. The Hall–Kier alpha value is -1.09. The van der Waals surface area contributed by atoms with Crippen LogP contribution in [0.15, 0.2) is 18.3 Å². The number of ether oxygens (including phenoxy) is 1. The first-order valence-corrected chi connectivity index (χ1v) is 3.99. The molecule has 1 heterocycles. The number of rotatable bonds is 4. The quantitative estimate of drug-likeness (QED) is 0.639. The first kappa shape index (κ1) is 9.00. The molecule has 0 aliphatic heterocycles. The van der Waals surface area contributed by atoms with Gasteiger partial charge in [-0.25, -0.2) is 0 Å². The Labute approximate surface area is 72.0 Å². The second-order valence-corrected chi connectivity index (χ2v) is 2.54. The summed E-state index contributed by atoms with van der Waals surface area (Å²) in [6.45, 7) is 4.60. The zero-order chi connectivity index (χ0) is 8.97. The van der Waals surface area contributed by atoms with Gasteiger partial charge in [0.1, 0.15) is 6.73 Å². The van der Waals surface area contributed by atoms with Gasteiger partial charge in [0, 0.05) is 19.7 Å². The Kier molecular flexibility index (Phi) is 3.05. The maximum absolute atomic E-state index is 11.0. The molecule has 0 radical (unpaired) electrons. The average molecular weight is 167 g/mol. The SMILES string of the molecule is CCOCn1cccc1C(C)=O. The minimum Gasteiger partial charge on any atom is -0.361 e. The summed E-state index contributed by atoms with van der Waals surface area (Å²) >= 11 is 0. The zero-order valence-electron chi connectivity index (χ0n) is 7.41. The van der Waals surface area contributed by atoms with Crippen molar-refractivity contribution in [3.05, 3.63) is 24.0 Å². The third-order valence-electron chi connectivity index (χ3n) is 1.62. The Morgan fingerprint density at radius 3 is 3.00 bits per heavy atom. The van der Waals surface area contributed by atoms with E-state index in [1.165, 1.54) is 0 Å². The molecule has 0 aliphatic rings. The van der Waals surface area contributed by atoms with Gasteiger partial charge in [-0.15, -0.1) is 0 Å². The Balaban J connectivity index is 2.70. The molecule has 1 aromatic rings. The van der Waals surface area contributed by atoms with Gasteiger partial charge >= 0.3 is 0 Å². The van der Waals surface area contributed by atoms with Crippen molar-refractivity contribution in [2.75, 3.05) is 6.61 Å². The largest absolute Gasteiger partial charge is 0.361 e. The molecule has 0 amide bonds. The van der Waals surface area contributed by atoms with Crippen molar-refractivity contribution in [3.8, 4) is 0 Å². The van der Waals surface area contributed by atoms with Crippen LogP contribution in [0, 0.1) is 0 Å². The maximum Gasteiger partial charge on any atom is 0.176 e. The molecule has 0 aliphatic carbocycles. The van der Waals surface area contributed by atoms with Crippen molar-refractivity contribution >= 4 is 5.78 Å². The van der Waals surface area contributed by atoms with Crippen molar-refractivity contribution in [1.29, 1.82) is 0 Å². The Bertz CT molecular complexity index is 265. The number of carbonyl (C=O) groups is 1. The lowest BCUT2D eigenvalue weighted by molar-refractivity contribution is 0.0817. The van der Waals surface area contributed by atoms with E-state index < -0.39 is 0 Å². The molecule has 12 heavy (non-hydrogen) atoms. The van der Waals surface area contributed by atoms with Gasteiger partial charge in [-0.05, 0) is 19.1 Å². The van der Waals surface area contributed by atoms with Crippen molar-refractivity contribution in [2.24, 2.45) is 0 Å². The van der Waals surface area contributed by atoms with Crippen molar-refractivity contribution < 1.29 is 9.53 Å². The van der Waals surface area contributed by atoms with Crippen LogP contribution in [-0.2, 0) is 11.5 Å². The van der Waals surface area contributed by atoms with Crippen LogP contribution in [0.1, 0.15) is 24.3 Å². The molecule has 0 spiro atoms. The molecule has 66 valence electrons. The highest BCUT2D eigenvalue weighted by atomic mass is 16.5. The molecular formula is C9H13NO2. The van der Waals surface area contributed by atoms with Crippen LogP contribution >= 0.6 is 0 Å². The van der Waals surface area contributed by atoms with E-state index in [-0.39, 0.29) is 5.78 Å². The molecule has 1 aromatic heterocycles. The summed E-state index contributed by atoms with van der Waals surface area (Å²) in [6, 6.07) is 3.64. The number of ketones is 1. The van der Waals surface area contributed by atoms with Crippen LogP contribution in [0.2, 0.25) is 0 Å². The van der Waals surface area contributed by atoms with Crippen LogP contribution in [0.5, 0.6) is 0 Å². The summed E-state index contributed by atoms with van der Waals surface area (Å²) in [5, 5.41) is 0. The van der Waals surface area contributed by atoms with Crippen LogP contribution in [0.4, 0.5) is 0 Å². The van der Waals surface area contributed by atoms with Crippen LogP contribution in [0.3, 0.4) is 0 Å². The second-order valence-electron chi connectivity index (χ2n) is 2.54. The highest BCUT2D eigenvalue weighted by Crippen LogP contribution is 2.02. The minimum absolute atomic E-state index is 0.0692. The zero-order valence-corrected chi connectivity index (χ0v) is 7.41. The van der Waals surface area contributed by atoms with Gasteiger partial charge < -0.3 is 9.30 Å². The molecular weight excluding hydrogens is 154 g/mol. The highest BCUT2D eigenvalue weighted by Gasteiger charge is 2.03. The molecule has 0 saturated heterocycles. The first-order chi connectivity index (χ1) is 5.75. The smallest absolute Gasteiger partial charge is 0.176 e. The van der Waals surface area contributed by atoms with Gasteiger partial charge in [0.05, 0.1) is 5.69 Å². The number of hydrogen-bond donors (Lipinski definition) is 0. The van der Waals surface area contributed by atoms with Gasteiger partial charge in [-0.3, -0.25) is 4.79 Å². The summed E-state index contributed by atoms with van der Waals surface area (Å²) < 4.78 is 6.98. The van der Waals surface area contributed by atoms with E-state index in [0.29, 0.717) is 19.0 Å². The first-order valence-electron chi connectivity index (χ1n) is 3.99. The highest BCUT2D eigenvalue weighted by molar-refractivity contribution is 5.92. The van der Waals surface area contributed by atoms with Crippen LogP contribution < -0.4 is 0 Å². The molecule has 3 heteroatoms. The fraction of sp³-hybridized carbons (Fsp3) is 0.444. The van der Waals surface area contributed by atoms with E-state index in [1.807, 2.05) is 19.2 Å². The number of carbonyl (C=O) groups excluding carboxylic acids is 1. The Morgan fingerprint density at radius 2 is 2.42 bits per heavy atom. The lowest BCUT2D eigenvalue weighted by Gasteiger charge is -2.05. The van der Waals surface area contributed by atoms with Gasteiger partial charge in [0.15, 0.2) is 5.78 Å². The van der Waals surface area contributed by atoms with Crippen molar-refractivity contribution in [2.45, 2.75) is 20.6 Å². The molecule has 0 fully saturated rings. The lowest BCUT2D eigenvalue weighted by Crippen LogP contribution is -2.07. The molecule has 3 nitrogen and oxygen atoms in total. The maximum atomic E-state index is 11.0.